The zero-order valence-corrected chi connectivity index (χ0v) is 15.4. The molecule has 4 rings (SSSR count). The number of carbonyl (C=O) groups is 1. The Balaban J connectivity index is 1.61. The van der Waals surface area contributed by atoms with Gasteiger partial charge in [-0.25, -0.2) is 0 Å². The smallest absolute Gasteiger partial charge is 0.259 e. The molecule has 0 saturated carbocycles. The first-order chi connectivity index (χ1) is 13.0. The third-order valence-electron chi connectivity index (χ3n) is 4.62. The van der Waals surface area contributed by atoms with Crippen LogP contribution < -0.4 is 10.9 Å². The summed E-state index contributed by atoms with van der Waals surface area (Å²) < 4.78 is 0.231. The van der Waals surface area contributed by atoms with Gasteiger partial charge >= 0.3 is 0 Å². The van der Waals surface area contributed by atoms with Crippen LogP contribution in [0, 0.1) is 4.77 Å². The number of rotatable bonds is 3. The third-order valence-corrected chi connectivity index (χ3v) is 4.83. The lowest BCUT2D eigenvalue weighted by Crippen LogP contribution is -2.26. The van der Waals surface area contributed by atoms with E-state index in [9.17, 15) is 9.59 Å². The first-order valence-electron chi connectivity index (χ1n) is 8.57. The van der Waals surface area contributed by atoms with E-state index in [-0.39, 0.29) is 22.3 Å². The normalized spacial score (nSPS) is 12.2. The number of nitrogens with one attached hydrogen (secondary N) is 3. The Morgan fingerprint density at radius 3 is 2.59 bits per heavy atom. The molecule has 3 aromatic carbocycles. The predicted molar refractivity (Wildman–Crippen MR) is 110 cm³/mol. The Morgan fingerprint density at radius 1 is 1.00 bits per heavy atom. The molecule has 5 nitrogen and oxygen atoms in total. The van der Waals surface area contributed by atoms with Crippen LogP contribution in [-0.4, -0.2) is 15.9 Å². The van der Waals surface area contributed by atoms with E-state index < -0.39 is 0 Å². The molecule has 0 aliphatic carbocycles. The second-order valence-corrected chi connectivity index (χ2v) is 6.88. The van der Waals surface area contributed by atoms with Gasteiger partial charge in [0.25, 0.3) is 11.5 Å². The van der Waals surface area contributed by atoms with Crippen LogP contribution in [0.4, 0.5) is 0 Å². The van der Waals surface area contributed by atoms with Crippen LogP contribution in [0.2, 0.25) is 0 Å². The highest BCUT2D eigenvalue weighted by atomic mass is 32.1. The summed E-state index contributed by atoms with van der Waals surface area (Å²) in [6, 6.07) is 19.0. The van der Waals surface area contributed by atoms with Crippen molar-refractivity contribution in [2.75, 3.05) is 0 Å². The van der Waals surface area contributed by atoms with E-state index in [1.807, 2.05) is 25.1 Å². The van der Waals surface area contributed by atoms with Crippen molar-refractivity contribution in [1.82, 2.24) is 15.3 Å². The maximum Gasteiger partial charge on any atom is 0.259 e. The van der Waals surface area contributed by atoms with E-state index in [0.717, 1.165) is 16.3 Å². The van der Waals surface area contributed by atoms with Crippen molar-refractivity contribution in [1.29, 1.82) is 0 Å². The second-order valence-electron chi connectivity index (χ2n) is 6.47. The number of fused-ring (bicyclic) bond motifs is 2. The molecule has 1 amide bonds. The number of amides is 1. The highest BCUT2D eigenvalue weighted by molar-refractivity contribution is 7.71. The lowest BCUT2D eigenvalue weighted by Gasteiger charge is -2.15. The van der Waals surface area contributed by atoms with Crippen molar-refractivity contribution < 1.29 is 4.79 Å². The highest BCUT2D eigenvalue weighted by Crippen LogP contribution is 2.21. The maximum atomic E-state index is 12.7. The van der Waals surface area contributed by atoms with E-state index >= 15 is 0 Å². The van der Waals surface area contributed by atoms with Crippen LogP contribution in [-0.2, 0) is 0 Å². The summed E-state index contributed by atoms with van der Waals surface area (Å²) in [6.07, 6.45) is 0. The van der Waals surface area contributed by atoms with Crippen molar-refractivity contribution in [2.45, 2.75) is 13.0 Å². The zero-order chi connectivity index (χ0) is 19.0. The Kier molecular flexibility index (Phi) is 4.33. The van der Waals surface area contributed by atoms with Gasteiger partial charge in [-0.3, -0.25) is 14.6 Å². The lowest BCUT2D eigenvalue weighted by atomic mass is 10.0. The molecule has 3 N–H and O–H groups in total. The topological polar surface area (TPSA) is 77.8 Å². The Labute approximate surface area is 160 Å². The molecule has 6 heteroatoms. The summed E-state index contributed by atoms with van der Waals surface area (Å²) in [5.74, 6) is -0.211. The van der Waals surface area contributed by atoms with Gasteiger partial charge in [0.1, 0.15) is 0 Å². The molecule has 1 heterocycles. The second kappa shape index (κ2) is 6.81. The number of carbonyl (C=O) groups excluding carboxylic acids is 1. The van der Waals surface area contributed by atoms with Crippen molar-refractivity contribution >= 4 is 39.8 Å². The summed E-state index contributed by atoms with van der Waals surface area (Å²) in [6.45, 7) is 1.95. The van der Waals surface area contributed by atoms with Gasteiger partial charge in [-0.1, -0.05) is 36.4 Å². The van der Waals surface area contributed by atoms with Crippen molar-refractivity contribution in [3.8, 4) is 0 Å². The maximum absolute atomic E-state index is 12.7. The largest absolute Gasteiger partial charge is 0.346 e. The van der Waals surface area contributed by atoms with Crippen LogP contribution in [0.15, 0.2) is 65.5 Å². The van der Waals surface area contributed by atoms with Gasteiger partial charge in [0.15, 0.2) is 4.77 Å². The Morgan fingerprint density at radius 2 is 1.78 bits per heavy atom. The average Bonchev–Trinajstić information content (AvgIpc) is 2.66. The minimum atomic E-state index is -0.273. The van der Waals surface area contributed by atoms with Crippen LogP contribution in [0.5, 0.6) is 0 Å². The van der Waals surface area contributed by atoms with Gasteiger partial charge in [-0.2, -0.15) is 0 Å². The van der Waals surface area contributed by atoms with Crippen LogP contribution in [0.3, 0.4) is 0 Å². The van der Waals surface area contributed by atoms with Gasteiger partial charge in [0.05, 0.1) is 16.9 Å². The van der Waals surface area contributed by atoms with Crippen molar-refractivity contribution in [3.63, 3.8) is 0 Å². The van der Waals surface area contributed by atoms with Crippen LogP contribution >= 0.6 is 12.2 Å². The van der Waals surface area contributed by atoms with E-state index in [0.29, 0.717) is 16.5 Å². The fraction of sp³-hybridized carbons (Fsp3) is 0.0952. The van der Waals surface area contributed by atoms with Crippen LogP contribution in [0.25, 0.3) is 21.7 Å². The number of hydrogen-bond acceptors (Lipinski definition) is 3. The molecular formula is C21H17N3O2S. The van der Waals surface area contributed by atoms with E-state index in [2.05, 4.69) is 39.6 Å². The number of aromatic amines is 2. The first kappa shape index (κ1) is 17.2. The highest BCUT2D eigenvalue weighted by Gasteiger charge is 2.13. The van der Waals surface area contributed by atoms with Gasteiger partial charge < -0.3 is 10.3 Å². The quantitative estimate of drug-likeness (QED) is 0.469. The molecule has 27 heavy (non-hydrogen) atoms. The molecule has 1 atom stereocenters. The molecule has 1 aromatic heterocycles. The molecule has 0 bridgehead atoms. The summed E-state index contributed by atoms with van der Waals surface area (Å²) in [4.78, 5) is 30.0. The summed E-state index contributed by atoms with van der Waals surface area (Å²) in [5.41, 5.74) is 1.75. The average molecular weight is 375 g/mol. The SMILES string of the molecule is C[C@@H](NC(=O)c1ccc2c(=O)[nH]c(=S)[nH]c2c1)c1ccc2ccccc2c1. The number of H-pyrrole nitrogens is 2. The molecule has 0 unspecified atom stereocenters. The minimum absolute atomic E-state index is 0.157. The molecule has 0 aliphatic rings. The summed E-state index contributed by atoms with van der Waals surface area (Å²) in [7, 11) is 0. The van der Waals surface area contributed by atoms with Crippen molar-refractivity contribution in [3.05, 3.63) is 86.9 Å². The molecule has 0 fully saturated rings. The fourth-order valence-electron chi connectivity index (χ4n) is 3.15. The number of benzene rings is 3. The lowest BCUT2D eigenvalue weighted by molar-refractivity contribution is 0.0940. The first-order valence-corrected chi connectivity index (χ1v) is 8.98. The zero-order valence-electron chi connectivity index (χ0n) is 14.6. The third kappa shape index (κ3) is 3.39. The van der Waals surface area contributed by atoms with E-state index in [4.69, 9.17) is 12.2 Å². The molecule has 0 aliphatic heterocycles. The Hall–Kier alpha value is -3.25. The fourth-order valence-corrected chi connectivity index (χ4v) is 3.35. The molecule has 134 valence electrons. The Bertz CT molecular complexity index is 1290. The van der Waals surface area contributed by atoms with Gasteiger partial charge in [0, 0.05) is 5.56 Å². The van der Waals surface area contributed by atoms with Gasteiger partial charge in [0.2, 0.25) is 0 Å². The number of hydrogen-bond donors (Lipinski definition) is 3. The van der Waals surface area contributed by atoms with Crippen molar-refractivity contribution in [2.24, 2.45) is 0 Å². The molecule has 0 spiro atoms. The molecule has 0 saturated heterocycles. The minimum Gasteiger partial charge on any atom is -0.346 e. The molecular weight excluding hydrogens is 358 g/mol. The summed E-state index contributed by atoms with van der Waals surface area (Å²) >= 11 is 5.00. The summed E-state index contributed by atoms with van der Waals surface area (Å²) in [5, 5.41) is 5.76. The van der Waals surface area contributed by atoms with Crippen LogP contribution in [0.1, 0.15) is 28.9 Å². The standard InChI is InChI=1S/C21H17N3O2S/c1-12(14-7-6-13-4-2-3-5-15(13)10-14)22-19(25)16-8-9-17-18(11-16)23-21(27)24-20(17)26/h2-12H,1H3,(H,22,25)(H2,23,24,26,27)/t12-/m1/s1. The predicted octanol–water partition coefficient (Wildman–Crippen LogP) is 4.23. The number of aromatic nitrogens is 2. The van der Waals surface area contributed by atoms with Gasteiger partial charge in [-0.15, -0.1) is 0 Å². The monoisotopic (exact) mass is 375 g/mol. The van der Waals surface area contributed by atoms with Gasteiger partial charge in [-0.05, 0) is 59.7 Å². The van der Waals surface area contributed by atoms with E-state index in [1.54, 1.807) is 18.2 Å². The molecule has 0 radical (unpaired) electrons. The molecule has 4 aromatic rings. The van der Waals surface area contributed by atoms with E-state index in [1.165, 1.54) is 0 Å².